The molecule has 3 aromatic rings. The van der Waals surface area contributed by atoms with Crippen LogP contribution in [0.2, 0.25) is 0 Å². The first-order valence-electron chi connectivity index (χ1n) is 8.82. The van der Waals surface area contributed by atoms with Crippen LogP contribution in [0.15, 0.2) is 69.5 Å². The Morgan fingerprint density at radius 3 is 2.82 bits per heavy atom. The minimum absolute atomic E-state index is 0.0951. The van der Waals surface area contributed by atoms with E-state index in [2.05, 4.69) is 15.0 Å². The third-order valence-corrected chi connectivity index (χ3v) is 5.60. The number of benzene rings is 1. The number of hydrogen-bond acceptors (Lipinski definition) is 6. The van der Waals surface area contributed by atoms with Crippen molar-refractivity contribution in [2.24, 2.45) is 9.98 Å². The molecule has 8 heteroatoms. The second-order valence-electron chi connectivity index (χ2n) is 6.52. The van der Waals surface area contributed by atoms with Crippen LogP contribution < -0.4 is 5.56 Å². The lowest BCUT2D eigenvalue weighted by atomic mass is 10.1. The summed E-state index contributed by atoms with van der Waals surface area (Å²) in [7, 11) is 0. The van der Waals surface area contributed by atoms with Crippen molar-refractivity contribution in [3.05, 3.63) is 76.3 Å². The van der Waals surface area contributed by atoms with Crippen LogP contribution in [0.5, 0.6) is 0 Å². The minimum atomic E-state index is -0.435. The van der Waals surface area contributed by atoms with Crippen LogP contribution >= 0.6 is 11.8 Å². The zero-order valence-corrected chi connectivity index (χ0v) is 15.8. The normalized spacial score (nSPS) is 18.0. The fourth-order valence-electron chi connectivity index (χ4n) is 3.29. The molecule has 4 heterocycles. The van der Waals surface area contributed by atoms with Crippen molar-refractivity contribution in [3.63, 3.8) is 0 Å². The molecule has 1 amide bonds. The highest BCUT2D eigenvalue weighted by molar-refractivity contribution is 8.13. The molecule has 138 valence electrons. The molecule has 0 saturated heterocycles. The van der Waals surface area contributed by atoms with E-state index in [9.17, 15) is 9.59 Å². The van der Waals surface area contributed by atoms with Gasteiger partial charge in [0, 0.05) is 23.6 Å². The van der Waals surface area contributed by atoms with Gasteiger partial charge < -0.3 is 0 Å². The van der Waals surface area contributed by atoms with Gasteiger partial charge in [0.05, 0.1) is 11.4 Å². The highest BCUT2D eigenvalue weighted by Gasteiger charge is 2.39. The fourth-order valence-corrected chi connectivity index (χ4v) is 4.18. The number of aliphatic imine (C=N–C) groups is 2. The van der Waals surface area contributed by atoms with Gasteiger partial charge in [-0.05, 0) is 31.2 Å². The smallest absolute Gasteiger partial charge is 0.258 e. The third-order valence-electron chi connectivity index (χ3n) is 4.63. The number of hydrogen-bond donors (Lipinski definition) is 0. The highest BCUT2D eigenvalue weighted by atomic mass is 32.2. The summed E-state index contributed by atoms with van der Waals surface area (Å²) < 4.78 is 1.50. The summed E-state index contributed by atoms with van der Waals surface area (Å²) in [6.07, 6.45) is 1.69. The summed E-state index contributed by atoms with van der Waals surface area (Å²) in [5.41, 5.74) is 2.74. The van der Waals surface area contributed by atoms with Gasteiger partial charge in [0.25, 0.3) is 11.5 Å². The zero-order chi connectivity index (χ0) is 19.3. The second-order valence-corrected chi connectivity index (χ2v) is 7.46. The third kappa shape index (κ3) is 2.65. The number of aromatic nitrogens is 2. The Hall–Kier alpha value is -3.26. The lowest BCUT2D eigenvalue weighted by Crippen LogP contribution is -2.40. The van der Waals surface area contributed by atoms with Gasteiger partial charge in [-0.1, -0.05) is 30.0 Å². The maximum Gasteiger partial charge on any atom is 0.258 e. The van der Waals surface area contributed by atoms with Crippen LogP contribution in [-0.4, -0.2) is 37.2 Å². The summed E-state index contributed by atoms with van der Waals surface area (Å²) in [4.78, 5) is 40.2. The first kappa shape index (κ1) is 16.9. The van der Waals surface area contributed by atoms with E-state index < -0.39 is 6.04 Å². The molecule has 0 N–H and O–H groups in total. The number of thioether (sulfide) groups is 1. The lowest BCUT2D eigenvalue weighted by Gasteiger charge is -2.25. The number of pyridine rings is 1. The van der Waals surface area contributed by atoms with Crippen molar-refractivity contribution in [1.29, 1.82) is 0 Å². The number of amidine groups is 2. The van der Waals surface area contributed by atoms with Gasteiger partial charge in [-0.2, -0.15) is 0 Å². The molecule has 2 aromatic heterocycles. The first-order chi connectivity index (χ1) is 13.6. The molecule has 0 fully saturated rings. The fraction of sp³-hybridized carbons (Fsp3) is 0.150. The lowest BCUT2D eigenvalue weighted by molar-refractivity contribution is -0.124. The van der Waals surface area contributed by atoms with Crippen molar-refractivity contribution in [2.75, 3.05) is 0 Å². The number of amides is 1. The molecule has 0 saturated carbocycles. The average molecular weight is 389 g/mol. The van der Waals surface area contributed by atoms with Crippen molar-refractivity contribution in [1.82, 2.24) is 14.3 Å². The Kier molecular flexibility index (Phi) is 3.87. The SMILES string of the molecule is CC1N=C2c3ccccc3N=C(SCc3cc(=O)n4ccccc4n3)N2C1=O. The predicted molar refractivity (Wildman–Crippen MR) is 109 cm³/mol. The maximum atomic E-state index is 12.6. The molecule has 1 aromatic carbocycles. The minimum Gasteiger partial charge on any atom is -0.272 e. The van der Waals surface area contributed by atoms with Crippen molar-refractivity contribution in [2.45, 2.75) is 18.7 Å². The van der Waals surface area contributed by atoms with E-state index in [1.807, 2.05) is 30.3 Å². The van der Waals surface area contributed by atoms with Gasteiger partial charge in [0.15, 0.2) is 5.17 Å². The number of nitrogens with zero attached hydrogens (tertiary/aromatic N) is 5. The summed E-state index contributed by atoms with van der Waals surface area (Å²) in [5.74, 6) is 0.965. The van der Waals surface area contributed by atoms with Gasteiger partial charge in [0.1, 0.15) is 17.5 Å². The Morgan fingerprint density at radius 1 is 1.11 bits per heavy atom. The van der Waals surface area contributed by atoms with Gasteiger partial charge in [0.2, 0.25) is 0 Å². The van der Waals surface area contributed by atoms with E-state index in [1.54, 1.807) is 30.2 Å². The first-order valence-corrected chi connectivity index (χ1v) is 9.80. The maximum absolute atomic E-state index is 12.6. The molecular formula is C20H15N5O2S. The molecule has 1 unspecified atom stereocenters. The molecular weight excluding hydrogens is 374 g/mol. The summed E-state index contributed by atoms with van der Waals surface area (Å²) in [5, 5.41) is 0.557. The monoisotopic (exact) mass is 389 g/mol. The molecule has 28 heavy (non-hydrogen) atoms. The number of para-hydroxylation sites is 1. The van der Waals surface area contributed by atoms with Crippen LogP contribution in [0.1, 0.15) is 18.2 Å². The molecule has 0 bridgehead atoms. The molecule has 1 atom stereocenters. The number of rotatable bonds is 2. The van der Waals surface area contributed by atoms with E-state index >= 15 is 0 Å². The molecule has 5 rings (SSSR count). The second kappa shape index (κ2) is 6.42. The largest absolute Gasteiger partial charge is 0.272 e. The molecule has 2 aliphatic heterocycles. The summed E-state index contributed by atoms with van der Waals surface area (Å²) in [6.45, 7) is 1.78. The molecule has 7 nitrogen and oxygen atoms in total. The van der Waals surface area contributed by atoms with Crippen molar-refractivity contribution < 1.29 is 4.79 Å². The van der Waals surface area contributed by atoms with Crippen molar-refractivity contribution >= 4 is 40.0 Å². The molecule has 0 aliphatic carbocycles. The number of fused-ring (bicyclic) bond motifs is 4. The molecule has 0 spiro atoms. The van der Waals surface area contributed by atoms with Crippen LogP contribution in [0.3, 0.4) is 0 Å². The quantitative estimate of drug-likeness (QED) is 0.675. The molecule has 2 aliphatic rings. The molecule has 0 radical (unpaired) electrons. The summed E-state index contributed by atoms with van der Waals surface area (Å²) >= 11 is 1.38. The number of carbonyl (C=O) groups is 1. The van der Waals surface area contributed by atoms with Crippen LogP contribution in [0.4, 0.5) is 5.69 Å². The van der Waals surface area contributed by atoms with E-state index in [4.69, 9.17) is 0 Å². The van der Waals surface area contributed by atoms with Gasteiger partial charge in [-0.15, -0.1) is 0 Å². The van der Waals surface area contributed by atoms with Gasteiger partial charge >= 0.3 is 0 Å². The Labute approximate surface area is 164 Å². The van der Waals surface area contributed by atoms with E-state index in [0.29, 0.717) is 28.1 Å². The van der Waals surface area contributed by atoms with E-state index in [1.165, 1.54) is 22.2 Å². The van der Waals surface area contributed by atoms with E-state index in [-0.39, 0.29) is 11.5 Å². The Morgan fingerprint density at radius 2 is 1.93 bits per heavy atom. The van der Waals surface area contributed by atoms with Crippen LogP contribution in [0.25, 0.3) is 5.65 Å². The van der Waals surface area contributed by atoms with Crippen LogP contribution in [-0.2, 0) is 10.5 Å². The standard InChI is InChI=1S/C20H15N5O2S/c1-12-19(27)25-18(21-12)14-6-2-3-7-15(14)23-20(25)28-11-13-10-17(26)24-9-5-4-8-16(24)22-13/h2-10,12H,11H2,1H3. The highest BCUT2D eigenvalue weighted by Crippen LogP contribution is 2.34. The number of carbonyl (C=O) groups excluding carboxylic acids is 1. The van der Waals surface area contributed by atoms with E-state index in [0.717, 1.165) is 11.3 Å². The summed E-state index contributed by atoms with van der Waals surface area (Å²) in [6, 6.07) is 14.2. The average Bonchev–Trinajstić information content (AvgIpc) is 3.01. The van der Waals surface area contributed by atoms with Gasteiger partial charge in [-0.3, -0.25) is 19.0 Å². The van der Waals surface area contributed by atoms with Gasteiger partial charge in [-0.25, -0.2) is 14.9 Å². The van der Waals surface area contributed by atoms with Crippen LogP contribution in [0, 0.1) is 0 Å². The topological polar surface area (TPSA) is 79.4 Å². The predicted octanol–water partition coefficient (Wildman–Crippen LogP) is 2.61. The van der Waals surface area contributed by atoms with Crippen molar-refractivity contribution in [3.8, 4) is 0 Å². The zero-order valence-electron chi connectivity index (χ0n) is 14.9. The Bertz CT molecular complexity index is 1250. The Balaban J connectivity index is 1.50.